The molecule has 0 saturated carbocycles. The van der Waals surface area contributed by atoms with E-state index in [-0.39, 0.29) is 25.3 Å². The molecule has 1 fully saturated rings. The zero-order chi connectivity index (χ0) is 28.9. The van der Waals surface area contributed by atoms with Gasteiger partial charge in [-0.15, -0.1) is 0 Å². The molecule has 0 bridgehead atoms. The van der Waals surface area contributed by atoms with E-state index >= 15 is 0 Å². The van der Waals surface area contributed by atoms with E-state index in [9.17, 15) is 33.3 Å². The molecule has 0 unspecified atom stereocenters. The molecule has 0 amide bonds. The Kier molecular flexibility index (Phi) is 9.49. The van der Waals surface area contributed by atoms with Gasteiger partial charge in [-0.05, 0) is 68.0 Å². The van der Waals surface area contributed by atoms with Crippen molar-refractivity contribution in [3.05, 3.63) is 65.1 Å². The maximum absolute atomic E-state index is 13.9. The van der Waals surface area contributed by atoms with Crippen molar-refractivity contribution in [1.82, 2.24) is 9.88 Å². The molecule has 3 aromatic rings. The summed E-state index contributed by atoms with van der Waals surface area (Å²) in [6.45, 7) is 1.55. The van der Waals surface area contributed by atoms with Gasteiger partial charge in [0.15, 0.2) is 11.6 Å². The number of ether oxygens (including phenoxy) is 1. The number of benzene rings is 2. The monoisotopic (exact) mass is 561 g/mol. The molecule has 40 heavy (non-hydrogen) atoms. The van der Waals surface area contributed by atoms with E-state index in [1.165, 1.54) is 13.3 Å². The Balaban J connectivity index is 1.41. The first kappa shape index (κ1) is 29.6. The summed E-state index contributed by atoms with van der Waals surface area (Å²) in [7, 11) is 1.54. The summed E-state index contributed by atoms with van der Waals surface area (Å²) in [5.41, 5.74) is 0.787. The van der Waals surface area contributed by atoms with E-state index in [0.717, 1.165) is 0 Å². The van der Waals surface area contributed by atoms with Crippen LogP contribution in [0, 0.1) is 22.9 Å². The van der Waals surface area contributed by atoms with E-state index in [4.69, 9.17) is 4.74 Å². The zero-order valence-electron chi connectivity index (χ0n) is 22.3. The first-order valence-electron chi connectivity index (χ1n) is 13.2. The van der Waals surface area contributed by atoms with E-state index in [1.54, 1.807) is 18.2 Å². The summed E-state index contributed by atoms with van der Waals surface area (Å²) in [5.74, 6) is -3.31. The number of carbonyl (C=O) groups is 1. The summed E-state index contributed by atoms with van der Waals surface area (Å²) in [6, 6.07) is 6.55. The van der Waals surface area contributed by atoms with Crippen LogP contribution in [0.3, 0.4) is 0 Å². The molecule has 11 heteroatoms. The Morgan fingerprint density at radius 1 is 1.18 bits per heavy atom. The minimum Gasteiger partial charge on any atom is -0.497 e. The smallest absolute Gasteiger partial charge is 0.303 e. The number of piperidine rings is 1. The predicted molar refractivity (Wildman–Crippen MR) is 144 cm³/mol. The van der Waals surface area contributed by atoms with Gasteiger partial charge in [-0.2, -0.15) is 0 Å². The highest BCUT2D eigenvalue weighted by molar-refractivity contribution is 5.85. The molecule has 216 valence electrons. The summed E-state index contributed by atoms with van der Waals surface area (Å²) >= 11 is 0. The number of likely N-dealkylation sites (tertiary alicyclic amines) is 1. The summed E-state index contributed by atoms with van der Waals surface area (Å²) in [4.78, 5) is 18.2. The second kappa shape index (κ2) is 12.8. The van der Waals surface area contributed by atoms with Crippen LogP contribution in [0.5, 0.6) is 5.75 Å². The minimum absolute atomic E-state index is 0.0460. The SMILES string of the molecule is COc1ccc2ncc(CO)c([C@H](O)CCC3(CC(=O)O)CCN(CCNc4c(F)cc(F)cc4F)CC3)c2c1. The Labute approximate surface area is 230 Å². The summed E-state index contributed by atoms with van der Waals surface area (Å²) in [6.07, 6.45) is 2.43. The zero-order valence-corrected chi connectivity index (χ0v) is 22.3. The molecule has 2 aromatic carbocycles. The van der Waals surface area contributed by atoms with Gasteiger partial charge in [0.2, 0.25) is 0 Å². The number of aliphatic hydroxyl groups excluding tert-OH is 2. The maximum Gasteiger partial charge on any atom is 0.303 e. The van der Waals surface area contributed by atoms with Crippen LogP contribution in [0.2, 0.25) is 0 Å². The number of carboxylic acid groups (broad SMARTS) is 1. The number of aromatic nitrogens is 1. The van der Waals surface area contributed by atoms with Crippen molar-refractivity contribution in [2.75, 3.05) is 38.6 Å². The number of hydrogen-bond donors (Lipinski definition) is 4. The number of aliphatic hydroxyl groups is 2. The van der Waals surface area contributed by atoms with Gasteiger partial charge in [-0.25, -0.2) is 13.2 Å². The lowest BCUT2D eigenvalue weighted by Crippen LogP contribution is -2.43. The molecule has 4 rings (SSSR count). The fourth-order valence-corrected chi connectivity index (χ4v) is 5.60. The molecule has 2 heterocycles. The molecular formula is C29H34F3N3O5. The second-order valence-corrected chi connectivity index (χ2v) is 10.4. The molecule has 1 atom stereocenters. The number of fused-ring (bicyclic) bond motifs is 1. The fourth-order valence-electron chi connectivity index (χ4n) is 5.60. The van der Waals surface area contributed by atoms with Crippen LogP contribution in [0.25, 0.3) is 10.9 Å². The fraction of sp³-hybridized carbons (Fsp3) is 0.448. The summed E-state index contributed by atoms with van der Waals surface area (Å²) in [5, 5.41) is 34.2. The number of pyridine rings is 1. The number of carboxylic acids is 1. The average Bonchev–Trinajstić information content (AvgIpc) is 2.92. The van der Waals surface area contributed by atoms with Crippen LogP contribution >= 0.6 is 0 Å². The molecule has 1 aliphatic heterocycles. The lowest BCUT2D eigenvalue weighted by Gasteiger charge is -2.41. The van der Waals surface area contributed by atoms with Crippen LogP contribution < -0.4 is 10.1 Å². The average molecular weight is 562 g/mol. The number of halogens is 3. The summed E-state index contributed by atoms with van der Waals surface area (Å²) < 4.78 is 46.2. The number of aliphatic carboxylic acids is 1. The molecule has 1 saturated heterocycles. The molecular weight excluding hydrogens is 527 g/mol. The molecule has 0 spiro atoms. The van der Waals surface area contributed by atoms with Gasteiger partial charge >= 0.3 is 5.97 Å². The van der Waals surface area contributed by atoms with Gasteiger partial charge in [-0.3, -0.25) is 9.78 Å². The van der Waals surface area contributed by atoms with Crippen molar-refractivity contribution in [2.24, 2.45) is 5.41 Å². The largest absolute Gasteiger partial charge is 0.497 e. The van der Waals surface area contributed by atoms with Gasteiger partial charge in [0.05, 0.1) is 31.8 Å². The molecule has 0 radical (unpaired) electrons. The Bertz CT molecular complexity index is 1320. The highest BCUT2D eigenvalue weighted by Crippen LogP contribution is 2.42. The van der Waals surface area contributed by atoms with Gasteiger partial charge in [0, 0.05) is 42.4 Å². The topological polar surface area (TPSA) is 115 Å². The van der Waals surface area contributed by atoms with Crippen LogP contribution in [-0.4, -0.2) is 64.5 Å². The van der Waals surface area contributed by atoms with Crippen molar-refractivity contribution in [2.45, 2.75) is 44.8 Å². The van der Waals surface area contributed by atoms with Gasteiger partial charge in [-0.1, -0.05) is 0 Å². The van der Waals surface area contributed by atoms with Gasteiger partial charge in [0.25, 0.3) is 0 Å². The quantitative estimate of drug-likeness (QED) is 0.253. The van der Waals surface area contributed by atoms with E-state index < -0.39 is 34.9 Å². The number of nitrogens with zero attached hydrogens (tertiary/aromatic N) is 2. The van der Waals surface area contributed by atoms with Crippen molar-refractivity contribution < 1.29 is 38.0 Å². The van der Waals surface area contributed by atoms with E-state index in [1.807, 2.05) is 0 Å². The first-order valence-corrected chi connectivity index (χ1v) is 13.2. The van der Waals surface area contributed by atoms with E-state index in [2.05, 4.69) is 15.2 Å². The first-order chi connectivity index (χ1) is 19.1. The number of rotatable bonds is 12. The minimum atomic E-state index is -1.00. The van der Waals surface area contributed by atoms with Crippen LogP contribution in [0.4, 0.5) is 18.9 Å². The Morgan fingerprint density at radius 2 is 1.88 bits per heavy atom. The lowest BCUT2D eigenvalue weighted by atomic mass is 9.71. The Morgan fingerprint density at radius 3 is 2.50 bits per heavy atom. The van der Waals surface area contributed by atoms with Crippen LogP contribution in [-0.2, 0) is 11.4 Å². The number of nitrogens with one attached hydrogen (secondary N) is 1. The molecule has 1 aliphatic rings. The Hall–Kier alpha value is -3.41. The molecule has 4 N–H and O–H groups in total. The van der Waals surface area contributed by atoms with E-state index in [0.29, 0.717) is 85.2 Å². The normalized spacial score (nSPS) is 16.1. The van der Waals surface area contributed by atoms with Crippen molar-refractivity contribution in [3.8, 4) is 5.75 Å². The maximum atomic E-state index is 13.9. The van der Waals surface area contributed by atoms with Crippen molar-refractivity contribution in [3.63, 3.8) is 0 Å². The van der Waals surface area contributed by atoms with Crippen LogP contribution in [0.1, 0.15) is 49.3 Å². The molecule has 0 aliphatic carbocycles. The van der Waals surface area contributed by atoms with Crippen molar-refractivity contribution >= 4 is 22.6 Å². The van der Waals surface area contributed by atoms with Crippen LogP contribution in [0.15, 0.2) is 36.5 Å². The molecule has 8 nitrogen and oxygen atoms in total. The van der Waals surface area contributed by atoms with Crippen molar-refractivity contribution in [1.29, 1.82) is 0 Å². The number of anilines is 1. The third kappa shape index (κ3) is 6.83. The highest BCUT2D eigenvalue weighted by atomic mass is 19.1. The van der Waals surface area contributed by atoms with Gasteiger partial charge in [0.1, 0.15) is 17.3 Å². The number of methoxy groups -OCH3 is 1. The highest BCUT2D eigenvalue weighted by Gasteiger charge is 2.37. The predicted octanol–water partition coefficient (Wildman–Crippen LogP) is 4.64. The third-order valence-electron chi connectivity index (χ3n) is 7.83. The lowest BCUT2D eigenvalue weighted by molar-refractivity contribution is -0.141. The standard InChI is InChI=1S/C29H34F3N3O5/c1-40-20-2-3-24-21(14-20)27(18(17-36)16-34-24)25(37)4-5-29(15-26(38)39)6-9-35(10-7-29)11-8-33-28-22(31)12-19(30)13-23(28)32/h2-3,12-14,16,25,33,36-37H,4-11,15,17H2,1H3,(H,38,39)/t25-/m1/s1. The van der Waals surface area contributed by atoms with Gasteiger partial charge < -0.3 is 30.3 Å². The third-order valence-corrected chi connectivity index (χ3v) is 7.83. The second-order valence-electron chi connectivity index (χ2n) is 10.4. The molecule has 1 aromatic heterocycles. The number of hydrogen-bond acceptors (Lipinski definition) is 7.